The van der Waals surface area contributed by atoms with Crippen LogP contribution >= 0.6 is 0 Å². The SMILES string of the molecule is CC1(O)[C@H](O)CO[C@@H]1COC(=O)c1ccccc1. The maximum absolute atomic E-state index is 11.7. The average Bonchev–Trinajstić information content (AvgIpc) is 2.63. The highest BCUT2D eigenvalue weighted by Crippen LogP contribution is 2.26. The molecule has 0 aromatic heterocycles. The van der Waals surface area contributed by atoms with E-state index in [0.717, 1.165) is 0 Å². The molecule has 5 heteroatoms. The van der Waals surface area contributed by atoms with Crippen LogP contribution in [0.25, 0.3) is 0 Å². The van der Waals surface area contributed by atoms with Crippen LogP contribution in [0.15, 0.2) is 30.3 Å². The summed E-state index contributed by atoms with van der Waals surface area (Å²) in [7, 11) is 0. The number of hydrogen-bond donors (Lipinski definition) is 2. The molecule has 1 aromatic carbocycles. The molecule has 0 saturated carbocycles. The van der Waals surface area contributed by atoms with E-state index in [4.69, 9.17) is 9.47 Å². The Bertz CT molecular complexity index is 415. The van der Waals surface area contributed by atoms with E-state index in [1.54, 1.807) is 30.3 Å². The van der Waals surface area contributed by atoms with Gasteiger partial charge in [-0.05, 0) is 19.1 Å². The summed E-state index contributed by atoms with van der Waals surface area (Å²) in [6.07, 6.45) is -1.67. The van der Waals surface area contributed by atoms with Gasteiger partial charge in [-0.2, -0.15) is 0 Å². The van der Waals surface area contributed by atoms with Crippen molar-refractivity contribution in [3.05, 3.63) is 35.9 Å². The molecule has 1 aliphatic heterocycles. The molecule has 1 aliphatic rings. The first-order valence-corrected chi connectivity index (χ1v) is 5.76. The maximum atomic E-state index is 11.7. The minimum atomic E-state index is -1.39. The lowest BCUT2D eigenvalue weighted by molar-refractivity contribution is -0.0821. The normalized spacial score (nSPS) is 31.3. The molecule has 2 N–H and O–H groups in total. The quantitative estimate of drug-likeness (QED) is 0.759. The van der Waals surface area contributed by atoms with E-state index < -0.39 is 23.8 Å². The summed E-state index contributed by atoms with van der Waals surface area (Å²) in [5.74, 6) is -0.476. The zero-order valence-electron chi connectivity index (χ0n) is 10.1. The first-order chi connectivity index (χ1) is 8.51. The van der Waals surface area contributed by atoms with Crippen LogP contribution in [-0.4, -0.2) is 47.2 Å². The predicted octanol–water partition coefficient (Wildman–Crippen LogP) is 0.354. The lowest BCUT2D eigenvalue weighted by atomic mass is 9.96. The van der Waals surface area contributed by atoms with Crippen molar-refractivity contribution in [3.8, 4) is 0 Å². The molecule has 0 bridgehead atoms. The molecule has 0 spiro atoms. The number of esters is 1. The molecule has 5 nitrogen and oxygen atoms in total. The van der Waals surface area contributed by atoms with Crippen LogP contribution < -0.4 is 0 Å². The van der Waals surface area contributed by atoms with Gasteiger partial charge in [-0.25, -0.2) is 4.79 Å². The number of carbonyl (C=O) groups is 1. The highest BCUT2D eigenvalue weighted by Gasteiger charge is 2.46. The summed E-state index contributed by atoms with van der Waals surface area (Å²) in [5.41, 5.74) is -0.951. The van der Waals surface area contributed by atoms with Crippen LogP contribution in [0, 0.1) is 0 Å². The molecule has 0 radical (unpaired) electrons. The second-order valence-corrected chi connectivity index (χ2v) is 4.53. The highest BCUT2D eigenvalue weighted by atomic mass is 16.6. The Morgan fingerprint density at radius 2 is 2.17 bits per heavy atom. The van der Waals surface area contributed by atoms with E-state index in [1.807, 2.05) is 0 Å². The summed E-state index contributed by atoms with van der Waals surface area (Å²) in [6, 6.07) is 8.57. The topological polar surface area (TPSA) is 76.0 Å². The van der Waals surface area contributed by atoms with Crippen LogP contribution in [0.2, 0.25) is 0 Å². The number of aliphatic hydroxyl groups is 2. The third-order valence-corrected chi connectivity index (χ3v) is 3.16. The number of ether oxygens (including phenoxy) is 2. The molecular weight excluding hydrogens is 236 g/mol. The van der Waals surface area contributed by atoms with Gasteiger partial charge < -0.3 is 19.7 Å². The molecule has 1 unspecified atom stereocenters. The van der Waals surface area contributed by atoms with Gasteiger partial charge in [0, 0.05) is 0 Å². The number of benzene rings is 1. The molecule has 1 saturated heterocycles. The summed E-state index contributed by atoms with van der Waals surface area (Å²) in [5, 5.41) is 19.4. The van der Waals surface area contributed by atoms with Crippen LogP contribution in [0.1, 0.15) is 17.3 Å². The highest BCUT2D eigenvalue weighted by molar-refractivity contribution is 5.89. The Hall–Kier alpha value is -1.43. The Morgan fingerprint density at radius 3 is 2.72 bits per heavy atom. The van der Waals surface area contributed by atoms with Gasteiger partial charge in [0.1, 0.15) is 24.4 Å². The van der Waals surface area contributed by atoms with E-state index in [9.17, 15) is 15.0 Å². The van der Waals surface area contributed by atoms with Gasteiger partial charge in [0.05, 0.1) is 12.2 Å². The van der Waals surface area contributed by atoms with E-state index in [1.165, 1.54) is 6.92 Å². The maximum Gasteiger partial charge on any atom is 0.338 e. The van der Waals surface area contributed by atoms with E-state index >= 15 is 0 Å². The smallest absolute Gasteiger partial charge is 0.338 e. The first kappa shape index (κ1) is 13.0. The second-order valence-electron chi connectivity index (χ2n) is 4.53. The van der Waals surface area contributed by atoms with Crippen molar-refractivity contribution in [2.45, 2.75) is 24.7 Å². The van der Waals surface area contributed by atoms with Crippen molar-refractivity contribution in [2.75, 3.05) is 13.2 Å². The molecule has 0 aliphatic carbocycles. The van der Waals surface area contributed by atoms with Gasteiger partial charge in [0.15, 0.2) is 0 Å². The van der Waals surface area contributed by atoms with Crippen molar-refractivity contribution >= 4 is 5.97 Å². The monoisotopic (exact) mass is 252 g/mol. The lowest BCUT2D eigenvalue weighted by Gasteiger charge is -2.25. The number of hydrogen-bond acceptors (Lipinski definition) is 5. The van der Waals surface area contributed by atoms with Crippen LogP contribution in [-0.2, 0) is 9.47 Å². The third kappa shape index (κ3) is 2.53. The Balaban J connectivity index is 1.91. The second kappa shape index (κ2) is 5.06. The molecular formula is C13H16O5. The lowest BCUT2D eigenvalue weighted by Crippen LogP contribution is -2.46. The van der Waals surface area contributed by atoms with Gasteiger partial charge in [-0.15, -0.1) is 0 Å². The van der Waals surface area contributed by atoms with Gasteiger partial charge in [-0.3, -0.25) is 0 Å². The van der Waals surface area contributed by atoms with Gasteiger partial charge in [0.25, 0.3) is 0 Å². The van der Waals surface area contributed by atoms with Crippen LogP contribution in [0.3, 0.4) is 0 Å². The van der Waals surface area contributed by atoms with Gasteiger partial charge in [-0.1, -0.05) is 18.2 Å². The third-order valence-electron chi connectivity index (χ3n) is 3.16. The number of rotatable bonds is 3. The van der Waals surface area contributed by atoms with Crippen molar-refractivity contribution in [3.63, 3.8) is 0 Å². The molecule has 2 rings (SSSR count). The Kier molecular flexibility index (Phi) is 3.65. The Labute approximate surface area is 105 Å². The zero-order chi connectivity index (χ0) is 13.2. The van der Waals surface area contributed by atoms with Crippen molar-refractivity contribution in [1.29, 1.82) is 0 Å². The van der Waals surface area contributed by atoms with Gasteiger partial charge >= 0.3 is 5.97 Å². The average molecular weight is 252 g/mol. The van der Waals surface area contributed by atoms with Crippen molar-refractivity contribution < 1.29 is 24.5 Å². The fourth-order valence-corrected chi connectivity index (χ4v) is 1.79. The minimum Gasteiger partial charge on any atom is -0.459 e. The number of carbonyl (C=O) groups excluding carboxylic acids is 1. The van der Waals surface area contributed by atoms with Crippen molar-refractivity contribution in [1.82, 2.24) is 0 Å². The Morgan fingerprint density at radius 1 is 1.50 bits per heavy atom. The standard InChI is InChI=1S/C13H16O5/c1-13(16)10(14)7-17-11(13)8-18-12(15)9-5-3-2-4-6-9/h2-6,10-11,14,16H,7-8H2,1H3/t10-,11-,13?/m1/s1. The van der Waals surface area contributed by atoms with E-state index in [0.29, 0.717) is 5.56 Å². The van der Waals surface area contributed by atoms with Crippen LogP contribution in [0.4, 0.5) is 0 Å². The molecule has 3 atom stereocenters. The molecule has 1 heterocycles. The molecule has 18 heavy (non-hydrogen) atoms. The summed E-state index contributed by atoms with van der Waals surface area (Å²) in [4.78, 5) is 11.7. The zero-order valence-corrected chi connectivity index (χ0v) is 10.1. The first-order valence-electron chi connectivity index (χ1n) is 5.76. The molecule has 1 aromatic rings. The summed E-state index contributed by atoms with van der Waals surface area (Å²) < 4.78 is 10.3. The van der Waals surface area contributed by atoms with E-state index in [2.05, 4.69) is 0 Å². The van der Waals surface area contributed by atoms with Crippen molar-refractivity contribution in [2.24, 2.45) is 0 Å². The van der Waals surface area contributed by atoms with Crippen LogP contribution in [0.5, 0.6) is 0 Å². The van der Waals surface area contributed by atoms with Gasteiger partial charge in [0.2, 0.25) is 0 Å². The largest absolute Gasteiger partial charge is 0.459 e. The molecule has 0 amide bonds. The number of aliphatic hydroxyl groups excluding tert-OH is 1. The predicted molar refractivity (Wildman–Crippen MR) is 63.1 cm³/mol. The summed E-state index contributed by atoms with van der Waals surface area (Å²) in [6.45, 7) is 1.42. The minimum absolute atomic E-state index is 0.0422. The summed E-state index contributed by atoms with van der Waals surface area (Å²) >= 11 is 0. The molecule has 1 fully saturated rings. The molecule has 98 valence electrons. The fraction of sp³-hybridized carbons (Fsp3) is 0.462. The fourth-order valence-electron chi connectivity index (χ4n) is 1.79. The van der Waals surface area contributed by atoms with E-state index in [-0.39, 0.29) is 13.2 Å².